The number of aryl methyl sites for hydroxylation is 1. The third-order valence-electron chi connectivity index (χ3n) is 5.10. The molecular formula is C21H24N4O2. The molecule has 1 atom stereocenters. The highest BCUT2D eigenvalue weighted by atomic mass is 16.5. The van der Waals surface area contributed by atoms with Gasteiger partial charge < -0.3 is 14.5 Å². The zero-order valence-electron chi connectivity index (χ0n) is 15.9. The molecule has 140 valence electrons. The zero-order valence-corrected chi connectivity index (χ0v) is 15.9. The molecule has 0 bridgehead atoms. The van der Waals surface area contributed by atoms with Gasteiger partial charge in [0.05, 0.1) is 20.3 Å². The van der Waals surface area contributed by atoms with Crippen LogP contribution in [0, 0.1) is 6.92 Å². The Hall–Kier alpha value is -2.86. The molecule has 6 nitrogen and oxygen atoms in total. The van der Waals surface area contributed by atoms with Gasteiger partial charge >= 0.3 is 0 Å². The van der Waals surface area contributed by atoms with Crippen LogP contribution in [0.25, 0.3) is 0 Å². The Morgan fingerprint density at radius 3 is 2.67 bits per heavy atom. The summed E-state index contributed by atoms with van der Waals surface area (Å²) in [5.74, 6) is 2.47. The van der Waals surface area contributed by atoms with Gasteiger partial charge in [-0.15, -0.1) is 0 Å². The number of benzene rings is 1. The molecule has 0 saturated carbocycles. The number of imidazole rings is 1. The van der Waals surface area contributed by atoms with Gasteiger partial charge in [-0.25, -0.2) is 4.98 Å². The Morgan fingerprint density at radius 2 is 2.00 bits per heavy atom. The number of nitrogens with one attached hydrogen (secondary N) is 1. The lowest BCUT2D eigenvalue weighted by molar-refractivity contribution is 0.201. The quantitative estimate of drug-likeness (QED) is 0.753. The van der Waals surface area contributed by atoms with Crippen LogP contribution in [0.2, 0.25) is 0 Å². The fourth-order valence-electron chi connectivity index (χ4n) is 3.87. The smallest absolute Gasteiger partial charge is 0.161 e. The van der Waals surface area contributed by atoms with Gasteiger partial charge in [0.2, 0.25) is 0 Å². The summed E-state index contributed by atoms with van der Waals surface area (Å²) in [5, 5.41) is 0. The van der Waals surface area contributed by atoms with Gasteiger partial charge in [0, 0.05) is 37.4 Å². The summed E-state index contributed by atoms with van der Waals surface area (Å²) in [6, 6.07) is 8.44. The molecule has 6 heteroatoms. The lowest BCUT2D eigenvalue weighted by Crippen LogP contribution is -2.36. The average Bonchev–Trinajstić information content (AvgIpc) is 3.12. The number of ether oxygens (including phenoxy) is 2. The molecule has 1 aliphatic heterocycles. The summed E-state index contributed by atoms with van der Waals surface area (Å²) in [5.41, 5.74) is 4.81. The fourth-order valence-corrected chi connectivity index (χ4v) is 3.87. The van der Waals surface area contributed by atoms with Crippen molar-refractivity contribution >= 4 is 0 Å². The largest absolute Gasteiger partial charge is 0.493 e. The molecule has 1 aromatic carbocycles. The third kappa shape index (κ3) is 3.40. The van der Waals surface area contributed by atoms with E-state index in [4.69, 9.17) is 9.47 Å². The second kappa shape index (κ2) is 7.40. The van der Waals surface area contributed by atoms with Crippen LogP contribution in [-0.4, -0.2) is 40.6 Å². The Kier molecular flexibility index (Phi) is 4.81. The van der Waals surface area contributed by atoms with E-state index in [2.05, 4.69) is 38.1 Å². The monoisotopic (exact) mass is 364 g/mol. The topological polar surface area (TPSA) is 63.3 Å². The van der Waals surface area contributed by atoms with Crippen LogP contribution in [0.3, 0.4) is 0 Å². The number of nitrogens with zero attached hydrogens (tertiary/aromatic N) is 3. The number of aromatic amines is 1. The minimum absolute atomic E-state index is 0.103. The second-order valence-corrected chi connectivity index (χ2v) is 6.81. The summed E-state index contributed by atoms with van der Waals surface area (Å²) in [7, 11) is 3.36. The molecule has 0 saturated heterocycles. The van der Waals surface area contributed by atoms with Crippen molar-refractivity contribution in [1.29, 1.82) is 0 Å². The maximum absolute atomic E-state index is 5.57. The van der Waals surface area contributed by atoms with E-state index in [0.29, 0.717) is 0 Å². The maximum atomic E-state index is 5.57. The molecule has 0 spiro atoms. The average molecular weight is 364 g/mol. The number of rotatable bonds is 5. The van der Waals surface area contributed by atoms with Crippen LogP contribution in [0.1, 0.15) is 34.3 Å². The summed E-state index contributed by atoms with van der Waals surface area (Å²) in [6.07, 6.45) is 6.63. The molecule has 3 heterocycles. The Morgan fingerprint density at radius 1 is 1.19 bits per heavy atom. The highest BCUT2D eigenvalue weighted by molar-refractivity contribution is 5.51. The summed E-state index contributed by atoms with van der Waals surface area (Å²) >= 11 is 0. The van der Waals surface area contributed by atoms with E-state index in [-0.39, 0.29) is 6.04 Å². The van der Waals surface area contributed by atoms with Crippen LogP contribution in [-0.2, 0) is 13.0 Å². The first-order chi connectivity index (χ1) is 13.2. The van der Waals surface area contributed by atoms with Crippen molar-refractivity contribution in [3.63, 3.8) is 0 Å². The molecule has 0 fully saturated rings. The first kappa shape index (κ1) is 17.5. The van der Waals surface area contributed by atoms with Crippen LogP contribution < -0.4 is 9.47 Å². The number of H-pyrrole nitrogens is 1. The number of pyridine rings is 1. The van der Waals surface area contributed by atoms with Crippen molar-refractivity contribution in [2.75, 3.05) is 20.8 Å². The minimum atomic E-state index is 0.103. The van der Waals surface area contributed by atoms with E-state index >= 15 is 0 Å². The Balaban J connectivity index is 1.78. The van der Waals surface area contributed by atoms with Crippen LogP contribution in [0.5, 0.6) is 11.5 Å². The lowest BCUT2D eigenvalue weighted by atomic mass is 9.88. The fraction of sp³-hybridized carbons (Fsp3) is 0.333. The van der Waals surface area contributed by atoms with Gasteiger partial charge in [0.15, 0.2) is 11.5 Å². The van der Waals surface area contributed by atoms with Crippen molar-refractivity contribution in [3.8, 4) is 11.5 Å². The molecule has 1 unspecified atom stereocenters. The van der Waals surface area contributed by atoms with Crippen molar-refractivity contribution in [3.05, 3.63) is 71.1 Å². The molecule has 27 heavy (non-hydrogen) atoms. The van der Waals surface area contributed by atoms with E-state index < -0.39 is 0 Å². The SMILES string of the molecule is COc1cc2c(cc1OC)C(c1cccnc1)N(Cc1cnc(C)[nH]1)CC2. The first-order valence-corrected chi connectivity index (χ1v) is 9.09. The Labute approximate surface area is 159 Å². The third-order valence-corrected chi connectivity index (χ3v) is 5.10. The van der Waals surface area contributed by atoms with Gasteiger partial charge in [0.1, 0.15) is 5.82 Å². The van der Waals surface area contributed by atoms with Crippen LogP contribution in [0.4, 0.5) is 0 Å². The molecular weight excluding hydrogens is 340 g/mol. The van der Waals surface area contributed by atoms with Gasteiger partial charge in [-0.3, -0.25) is 9.88 Å². The molecule has 4 rings (SSSR count). The lowest BCUT2D eigenvalue weighted by Gasteiger charge is -2.37. The number of aromatic nitrogens is 3. The number of methoxy groups -OCH3 is 2. The highest BCUT2D eigenvalue weighted by Gasteiger charge is 2.30. The molecule has 1 aliphatic rings. The predicted molar refractivity (Wildman–Crippen MR) is 103 cm³/mol. The summed E-state index contributed by atoms with van der Waals surface area (Å²) in [6.45, 7) is 3.72. The molecule has 0 amide bonds. The van der Waals surface area contributed by atoms with Crippen molar-refractivity contribution in [2.24, 2.45) is 0 Å². The molecule has 0 aliphatic carbocycles. The van der Waals surface area contributed by atoms with E-state index in [1.54, 1.807) is 14.2 Å². The summed E-state index contributed by atoms with van der Waals surface area (Å²) in [4.78, 5) is 14.5. The zero-order chi connectivity index (χ0) is 18.8. The predicted octanol–water partition coefficient (Wildman–Crippen LogP) is 3.28. The van der Waals surface area contributed by atoms with E-state index in [0.717, 1.165) is 42.5 Å². The van der Waals surface area contributed by atoms with Gasteiger partial charge in [0.25, 0.3) is 0 Å². The van der Waals surface area contributed by atoms with Gasteiger partial charge in [-0.2, -0.15) is 0 Å². The highest BCUT2D eigenvalue weighted by Crippen LogP contribution is 2.41. The van der Waals surface area contributed by atoms with Crippen LogP contribution in [0.15, 0.2) is 42.9 Å². The first-order valence-electron chi connectivity index (χ1n) is 9.09. The minimum Gasteiger partial charge on any atom is -0.493 e. The standard InChI is InChI=1S/C21H24N4O2/c1-14-23-12-17(24-14)13-25-8-6-15-9-19(26-2)20(27-3)10-18(15)21(25)16-5-4-7-22-11-16/h4-5,7,9-12,21H,6,8,13H2,1-3H3,(H,23,24). The molecule has 3 aromatic rings. The van der Waals surface area contributed by atoms with E-state index in [1.807, 2.05) is 31.6 Å². The van der Waals surface area contributed by atoms with Crippen molar-refractivity contribution in [1.82, 2.24) is 19.9 Å². The number of hydrogen-bond donors (Lipinski definition) is 1. The number of fused-ring (bicyclic) bond motifs is 1. The van der Waals surface area contributed by atoms with Crippen molar-refractivity contribution < 1.29 is 9.47 Å². The second-order valence-electron chi connectivity index (χ2n) is 6.81. The van der Waals surface area contributed by atoms with Gasteiger partial charge in [-0.05, 0) is 48.2 Å². The van der Waals surface area contributed by atoms with E-state index in [1.165, 1.54) is 16.7 Å². The maximum Gasteiger partial charge on any atom is 0.161 e. The van der Waals surface area contributed by atoms with Crippen molar-refractivity contribution in [2.45, 2.75) is 25.9 Å². The van der Waals surface area contributed by atoms with Gasteiger partial charge in [-0.1, -0.05) is 6.07 Å². The normalized spacial score (nSPS) is 16.8. The van der Waals surface area contributed by atoms with Crippen LogP contribution >= 0.6 is 0 Å². The molecule has 2 aromatic heterocycles. The molecule has 1 N–H and O–H groups in total. The Bertz CT molecular complexity index is 923. The summed E-state index contributed by atoms with van der Waals surface area (Å²) < 4.78 is 11.1. The van der Waals surface area contributed by atoms with E-state index in [9.17, 15) is 0 Å². The number of hydrogen-bond acceptors (Lipinski definition) is 5. The molecule has 0 radical (unpaired) electrons.